The first-order chi connectivity index (χ1) is 8.41. The van der Waals surface area contributed by atoms with E-state index in [4.69, 9.17) is 11.6 Å². The Kier molecular flexibility index (Phi) is 3.64. The van der Waals surface area contributed by atoms with E-state index in [9.17, 15) is 4.79 Å². The van der Waals surface area contributed by atoms with Crippen LogP contribution in [0.5, 0.6) is 0 Å². The van der Waals surface area contributed by atoms with Gasteiger partial charge in [-0.05, 0) is 33.9 Å². The summed E-state index contributed by atoms with van der Waals surface area (Å²) in [6.45, 7) is 3.41. The Morgan fingerprint density at radius 1 is 1.56 bits per heavy atom. The number of aromatic nitrogens is 2. The van der Waals surface area contributed by atoms with Crippen molar-refractivity contribution in [2.24, 2.45) is 0 Å². The molecule has 1 N–H and O–H groups in total. The second-order valence-corrected chi connectivity index (χ2v) is 5.77. The molecule has 5 nitrogen and oxygen atoms in total. The number of hydrogen-bond donors (Lipinski definition) is 1. The zero-order chi connectivity index (χ0) is 13.3. The summed E-state index contributed by atoms with van der Waals surface area (Å²) in [6.07, 6.45) is 3.85. The summed E-state index contributed by atoms with van der Waals surface area (Å²) in [7, 11) is 3.91. The van der Waals surface area contributed by atoms with Crippen LogP contribution in [0.3, 0.4) is 0 Å². The first-order valence-electron chi connectivity index (χ1n) is 6.10. The van der Waals surface area contributed by atoms with Crippen LogP contribution in [0, 0.1) is 0 Å². The van der Waals surface area contributed by atoms with Crippen LogP contribution in [0.1, 0.15) is 19.8 Å². The lowest BCUT2D eigenvalue weighted by Crippen LogP contribution is -2.30. The molecule has 1 aromatic rings. The molecule has 1 saturated carbocycles. The van der Waals surface area contributed by atoms with E-state index < -0.39 is 0 Å². The molecule has 0 amide bonds. The lowest BCUT2D eigenvalue weighted by molar-refractivity contribution is 0.367. The minimum atomic E-state index is -0.229. The van der Waals surface area contributed by atoms with Crippen molar-refractivity contribution in [2.75, 3.05) is 26.0 Å². The van der Waals surface area contributed by atoms with Crippen molar-refractivity contribution in [3.8, 4) is 0 Å². The van der Waals surface area contributed by atoms with Crippen LogP contribution in [-0.4, -0.2) is 40.9 Å². The summed E-state index contributed by atoms with van der Waals surface area (Å²) in [5.74, 6) is 0. The summed E-state index contributed by atoms with van der Waals surface area (Å²) in [5.41, 5.74) is 0.503. The van der Waals surface area contributed by atoms with E-state index in [1.165, 1.54) is 4.68 Å². The van der Waals surface area contributed by atoms with Gasteiger partial charge in [-0.1, -0.05) is 11.6 Å². The van der Waals surface area contributed by atoms with Gasteiger partial charge in [-0.2, -0.15) is 5.10 Å². The minimum Gasteiger partial charge on any atom is -0.377 e. The molecule has 18 heavy (non-hydrogen) atoms. The highest BCUT2D eigenvalue weighted by Crippen LogP contribution is 2.38. The first-order valence-corrected chi connectivity index (χ1v) is 6.48. The second-order valence-electron chi connectivity index (χ2n) is 5.39. The molecule has 0 saturated heterocycles. The summed E-state index contributed by atoms with van der Waals surface area (Å²) < 4.78 is 1.41. The SMILES string of the molecule is CN(C)CCn1ncc(NC2(C)CC2)c(Cl)c1=O. The molecule has 1 aliphatic carbocycles. The predicted molar refractivity (Wildman–Crippen MR) is 73.3 cm³/mol. The van der Waals surface area contributed by atoms with Gasteiger partial charge in [0.05, 0.1) is 18.4 Å². The van der Waals surface area contributed by atoms with Crippen LogP contribution in [0.15, 0.2) is 11.0 Å². The third-order valence-corrected chi connectivity index (χ3v) is 3.55. The fourth-order valence-electron chi connectivity index (χ4n) is 1.64. The van der Waals surface area contributed by atoms with Gasteiger partial charge in [0.2, 0.25) is 0 Å². The van der Waals surface area contributed by atoms with Crippen molar-refractivity contribution < 1.29 is 0 Å². The van der Waals surface area contributed by atoms with Crippen LogP contribution in [0.2, 0.25) is 5.02 Å². The van der Waals surface area contributed by atoms with Crippen molar-refractivity contribution in [1.82, 2.24) is 14.7 Å². The molecule has 1 fully saturated rings. The number of nitrogens with one attached hydrogen (secondary N) is 1. The minimum absolute atomic E-state index is 0.0909. The van der Waals surface area contributed by atoms with E-state index in [0.29, 0.717) is 12.2 Å². The standard InChI is InChI=1S/C12H19ClN4O/c1-12(4-5-12)15-9-8-14-17(7-6-16(2)3)11(18)10(9)13/h8,15H,4-7H2,1-3H3. The molecule has 1 aromatic heterocycles. The van der Waals surface area contributed by atoms with Gasteiger partial charge in [0.1, 0.15) is 5.02 Å². The number of hydrogen-bond acceptors (Lipinski definition) is 4. The van der Waals surface area contributed by atoms with Gasteiger partial charge in [-0.25, -0.2) is 4.68 Å². The molecule has 100 valence electrons. The molecule has 0 aromatic carbocycles. The van der Waals surface area contributed by atoms with Crippen molar-refractivity contribution in [3.05, 3.63) is 21.6 Å². The maximum atomic E-state index is 12.0. The molecule has 1 aliphatic rings. The molecule has 0 spiro atoms. The van der Waals surface area contributed by atoms with Gasteiger partial charge in [-0.15, -0.1) is 0 Å². The highest BCUT2D eigenvalue weighted by atomic mass is 35.5. The van der Waals surface area contributed by atoms with Crippen molar-refractivity contribution in [3.63, 3.8) is 0 Å². The fraction of sp³-hybridized carbons (Fsp3) is 0.667. The number of rotatable bonds is 5. The van der Waals surface area contributed by atoms with Crippen LogP contribution >= 0.6 is 11.6 Å². The quantitative estimate of drug-likeness (QED) is 0.879. The Morgan fingerprint density at radius 2 is 2.22 bits per heavy atom. The van der Waals surface area contributed by atoms with Crippen LogP contribution in [0.25, 0.3) is 0 Å². The smallest absolute Gasteiger partial charge is 0.287 e. The van der Waals surface area contributed by atoms with Crippen molar-refractivity contribution >= 4 is 17.3 Å². The Labute approximate surface area is 112 Å². The zero-order valence-electron chi connectivity index (χ0n) is 11.0. The summed E-state index contributed by atoms with van der Waals surface area (Å²) in [4.78, 5) is 14.0. The third-order valence-electron chi connectivity index (χ3n) is 3.18. The second kappa shape index (κ2) is 4.90. The van der Waals surface area contributed by atoms with Crippen molar-refractivity contribution in [1.29, 1.82) is 0 Å². The Morgan fingerprint density at radius 3 is 2.78 bits per heavy atom. The molecular weight excluding hydrogens is 252 g/mol. The molecule has 0 aliphatic heterocycles. The van der Waals surface area contributed by atoms with E-state index >= 15 is 0 Å². The normalized spacial score (nSPS) is 16.9. The van der Waals surface area contributed by atoms with Gasteiger partial charge in [0.15, 0.2) is 0 Å². The van der Waals surface area contributed by atoms with Crippen LogP contribution in [0.4, 0.5) is 5.69 Å². The lowest BCUT2D eigenvalue weighted by atomic mass is 10.3. The maximum Gasteiger partial charge on any atom is 0.287 e. The third kappa shape index (κ3) is 3.03. The summed E-state index contributed by atoms with van der Waals surface area (Å²) >= 11 is 6.10. The predicted octanol–water partition coefficient (Wildman–Crippen LogP) is 1.42. The summed E-state index contributed by atoms with van der Waals surface area (Å²) in [5, 5.41) is 7.66. The van der Waals surface area contributed by atoms with Gasteiger partial charge >= 0.3 is 0 Å². The van der Waals surface area contributed by atoms with Gasteiger partial charge in [0, 0.05) is 12.1 Å². The van der Waals surface area contributed by atoms with Crippen molar-refractivity contribution in [2.45, 2.75) is 31.8 Å². The zero-order valence-corrected chi connectivity index (χ0v) is 11.8. The van der Waals surface area contributed by atoms with E-state index in [0.717, 1.165) is 19.4 Å². The Hall–Kier alpha value is -1.07. The molecule has 0 radical (unpaired) electrons. The molecule has 0 unspecified atom stereocenters. The van der Waals surface area contributed by atoms with E-state index in [1.807, 2.05) is 19.0 Å². The number of nitrogens with zero attached hydrogens (tertiary/aromatic N) is 3. The maximum absolute atomic E-state index is 12.0. The fourth-order valence-corrected chi connectivity index (χ4v) is 1.84. The number of likely N-dealkylation sites (N-methyl/N-ethyl adjacent to an activating group) is 1. The van der Waals surface area contributed by atoms with E-state index in [-0.39, 0.29) is 16.1 Å². The molecule has 0 atom stereocenters. The Balaban J connectivity index is 2.16. The molecule has 0 bridgehead atoms. The highest BCUT2D eigenvalue weighted by Gasteiger charge is 2.37. The summed E-state index contributed by atoms with van der Waals surface area (Å²) in [6, 6.07) is 0. The number of anilines is 1. The van der Waals surface area contributed by atoms with Crippen LogP contribution < -0.4 is 10.9 Å². The average molecular weight is 271 g/mol. The topological polar surface area (TPSA) is 50.2 Å². The molecule has 2 rings (SSSR count). The average Bonchev–Trinajstić information content (AvgIpc) is 3.02. The first kappa shape index (κ1) is 13.4. The largest absolute Gasteiger partial charge is 0.377 e. The van der Waals surface area contributed by atoms with Crippen LogP contribution in [-0.2, 0) is 6.54 Å². The van der Waals surface area contributed by atoms with Gasteiger partial charge < -0.3 is 10.2 Å². The number of halogens is 1. The van der Waals surface area contributed by atoms with Gasteiger partial charge in [-0.3, -0.25) is 4.79 Å². The van der Waals surface area contributed by atoms with Gasteiger partial charge in [0.25, 0.3) is 5.56 Å². The van der Waals surface area contributed by atoms with E-state index in [2.05, 4.69) is 17.3 Å². The molecule has 6 heteroatoms. The molecule has 1 heterocycles. The van der Waals surface area contributed by atoms with E-state index in [1.54, 1.807) is 6.20 Å². The highest BCUT2D eigenvalue weighted by molar-refractivity contribution is 6.32. The molecular formula is C12H19ClN4O. The monoisotopic (exact) mass is 270 g/mol. The Bertz CT molecular complexity index is 493. The lowest BCUT2D eigenvalue weighted by Gasteiger charge is -2.15.